The molecule has 0 radical (unpaired) electrons. The summed E-state index contributed by atoms with van der Waals surface area (Å²) in [5.74, 6) is 0. The third kappa shape index (κ3) is 4.29. The molecule has 0 spiro atoms. The molecule has 3 heteroatoms. The molecule has 2 rings (SSSR count). The Balaban J connectivity index is 1.79. The van der Waals surface area contributed by atoms with Crippen LogP contribution in [0.4, 0.5) is 0 Å². The van der Waals surface area contributed by atoms with Gasteiger partial charge in [-0.1, -0.05) is 6.92 Å². The second-order valence-electron chi connectivity index (χ2n) is 5.34. The van der Waals surface area contributed by atoms with Gasteiger partial charge in [0.25, 0.3) is 0 Å². The Morgan fingerprint density at radius 3 is 2.94 bits per heavy atom. The molecule has 0 aliphatic carbocycles. The number of rotatable bonds is 6. The first-order valence-electron chi connectivity index (χ1n) is 7.55. The number of hydrogen-bond donors (Lipinski definition) is 1. The van der Waals surface area contributed by atoms with E-state index in [1.807, 2.05) is 6.26 Å². The van der Waals surface area contributed by atoms with Gasteiger partial charge in [-0.15, -0.1) is 0 Å². The molecule has 0 aromatic rings. The molecule has 0 saturated carbocycles. The van der Waals surface area contributed by atoms with E-state index in [0.717, 1.165) is 26.2 Å². The van der Waals surface area contributed by atoms with Gasteiger partial charge in [0, 0.05) is 12.6 Å². The first-order valence-corrected chi connectivity index (χ1v) is 7.55. The first-order chi connectivity index (χ1) is 8.90. The van der Waals surface area contributed by atoms with Crippen LogP contribution < -0.4 is 5.32 Å². The van der Waals surface area contributed by atoms with Crippen LogP contribution >= 0.6 is 0 Å². The number of ether oxygens (including phenoxy) is 2. The Morgan fingerprint density at radius 1 is 1.33 bits per heavy atom. The molecule has 1 saturated heterocycles. The zero-order chi connectivity index (χ0) is 12.6. The van der Waals surface area contributed by atoms with Gasteiger partial charge in [-0.2, -0.15) is 0 Å². The molecule has 1 fully saturated rings. The molecule has 0 bridgehead atoms. The van der Waals surface area contributed by atoms with Crippen LogP contribution in [0.25, 0.3) is 0 Å². The van der Waals surface area contributed by atoms with Crippen LogP contribution in [0.3, 0.4) is 0 Å². The van der Waals surface area contributed by atoms with E-state index in [1.54, 1.807) is 0 Å². The predicted molar refractivity (Wildman–Crippen MR) is 73.6 cm³/mol. The van der Waals surface area contributed by atoms with Crippen molar-refractivity contribution in [1.82, 2.24) is 5.32 Å². The third-order valence-electron chi connectivity index (χ3n) is 3.91. The van der Waals surface area contributed by atoms with Crippen molar-refractivity contribution < 1.29 is 9.47 Å². The Morgan fingerprint density at radius 2 is 2.28 bits per heavy atom. The highest BCUT2D eigenvalue weighted by Gasteiger charge is 2.20. The molecule has 2 atom stereocenters. The molecular formula is C15H27NO2. The summed E-state index contributed by atoms with van der Waals surface area (Å²) in [6, 6.07) is 0.487. The van der Waals surface area contributed by atoms with Crippen LogP contribution in [-0.2, 0) is 9.47 Å². The van der Waals surface area contributed by atoms with E-state index in [0.29, 0.717) is 12.1 Å². The fourth-order valence-corrected chi connectivity index (χ4v) is 2.89. The molecule has 0 aromatic heterocycles. The highest BCUT2D eigenvalue weighted by atomic mass is 16.5. The van der Waals surface area contributed by atoms with Crippen LogP contribution in [0, 0.1) is 0 Å². The Bertz CT molecular complexity index is 259. The summed E-state index contributed by atoms with van der Waals surface area (Å²) >= 11 is 0. The largest absolute Gasteiger partial charge is 0.501 e. The second-order valence-corrected chi connectivity index (χ2v) is 5.34. The van der Waals surface area contributed by atoms with E-state index in [1.165, 1.54) is 44.1 Å². The fourth-order valence-electron chi connectivity index (χ4n) is 2.89. The lowest BCUT2D eigenvalue weighted by Crippen LogP contribution is -2.33. The van der Waals surface area contributed by atoms with Gasteiger partial charge in [0.2, 0.25) is 0 Å². The van der Waals surface area contributed by atoms with Crippen molar-refractivity contribution in [3.05, 3.63) is 11.8 Å². The van der Waals surface area contributed by atoms with Crippen molar-refractivity contribution in [3.8, 4) is 0 Å². The lowest BCUT2D eigenvalue weighted by molar-refractivity contribution is 0.00898. The minimum absolute atomic E-state index is 0.487. The molecule has 1 N–H and O–H groups in total. The Kier molecular flexibility index (Phi) is 6.01. The normalized spacial score (nSPS) is 26.3. The van der Waals surface area contributed by atoms with Crippen LogP contribution in [-0.4, -0.2) is 31.9 Å². The lowest BCUT2D eigenvalue weighted by Gasteiger charge is -2.27. The maximum Gasteiger partial charge on any atom is 0.0876 e. The van der Waals surface area contributed by atoms with Crippen LogP contribution in [0.5, 0.6) is 0 Å². The summed E-state index contributed by atoms with van der Waals surface area (Å²) in [5.41, 5.74) is 1.44. The van der Waals surface area contributed by atoms with Crippen LogP contribution in [0.15, 0.2) is 11.8 Å². The van der Waals surface area contributed by atoms with E-state index in [9.17, 15) is 0 Å². The van der Waals surface area contributed by atoms with E-state index in [-0.39, 0.29) is 0 Å². The second kappa shape index (κ2) is 7.80. The lowest BCUT2D eigenvalue weighted by atomic mass is 9.95. The maximum atomic E-state index is 5.82. The minimum Gasteiger partial charge on any atom is -0.501 e. The SMILES string of the molecule is CCNC(CCC1CCCCO1)C1=COCCC1. The van der Waals surface area contributed by atoms with Gasteiger partial charge in [0.1, 0.15) is 0 Å². The monoisotopic (exact) mass is 253 g/mol. The van der Waals surface area contributed by atoms with Crippen molar-refractivity contribution in [2.24, 2.45) is 0 Å². The highest BCUT2D eigenvalue weighted by Crippen LogP contribution is 2.23. The minimum atomic E-state index is 0.487. The summed E-state index contributed by atoms with van der Waals surface area (Å²) in [6.45, 7) is 5.04. The van der Waals surface area contributed by atoms with Gasteiger partial charge in [-0.05, 0) is 57.1 Å². The van der Waals surface area contributed by atoms with Crippen LogP contribution in [0.1, 0.15) is 51.9 Å². The summed E-state index contributed by atoms with van der Waals surface area (Å²) in [4.78, 5) is 0. The van der Waals surface area contributed by atoms with Crippen molar-refractivity contribution >= 4 is 0 Å². The maximum absolute atomic E-state index is 5.82. The van der Waals surface area contributed by atoms with E-state index < -0.39 is 0 Å². The molecule has 104 valence electrons. The molecule has 2 heterocycles. The predicted octanol–water partition coefficient (Wildman–Crippen LogP) is 3.01. The summed E-state index contributed by atoms with van der Waals surface area (Å²) < 4.78 is 11.3. The van der Waals surface area contributed by atoms with Crippen molar-refractivity contribution in [2.45, 2.75) is 64.0 Å². The summed E-state index contributed by atoms with van der Waals surface area (Å²) in [6.07, 6.45) is 11.0. The van der Waals surface area contributed by atoms with Crippen molar-refractivity contribution in [1.29, 1.82) is 0 Å². The van der Waals surface area contributed by atoms with Crippen LogP contribution in [0.2, 0.25) is 0 Å². The number of hydrogen-bond acceptors (Lipinski definition) is 3. The smallest absolute Gasteiger partial charge is 0.0876 e. The quantitative estimate of drug-likeness (QED) is 0.789. The zero-order valence-corrected chi connectivity index (χ0v) is 11.6. The molecule has 2 aliphatic rings. The molecule has 18 heavy (non-hydrogen) atoms. The van der Waals surface area contributed by atoms with Gasteiger partial charge in [0.05, 0.1) is 19.0 Å². The molecule has 3 nitrogen and oxygen atoms in total. The van der Waals surface area contributed by atoms with E-state index in [2.05, 4.69) is 12.2 Å². The van der Waals surface area contributed by atoms with Gasteiger partial charge in [0.15, 0.2) is 0 Å². The molecule has 2 unspecified atom stereocenters. The van der Waals surface area contributed by atoms with Gasteiger partial charge < -0.3 is 14.8 Å². The van der Waals surface area contributed by atoms with Crippen molar-refractivity contribution in [3.63, 3.8) is 0 Å². The number of likely N-dealkylation sites (N-methyl/N-ethyl adjacent to an activating group) is 1. The topological polar surface area (TPSA) is 30.5 Å². The average Bonchev–Trinajstić information content (AvgIpc) is 2.45. The molecule has 0 aromatic carbocycles. The molecule has 2 aliphatic heterocycles. The average molecular weight is 253 g/mol. The van der Waals surface area contributed by atoms with Gasteiger partial charge >= 0.3 is 0 Å². The Hall–Kier alpha value is -0.540. The van der Waals surface area contributed by atoms with Crippen molar-refractivity contribution in [2.75, 3.05) is 19.8 Å². The number of nitrogens with one attached hydrogen (secondary N) is 1. The summed E-state index contributed by atoms with van der Waals surface area (Å²) in [5, 5.41) is 3.59. The van der Waals surface area contributed by atoms with Gasteiger partial charge in [-0.3, -0.25) is 0 Å². The standard InChI is InChI=1S/C15H27NO2/c1-2-16-15(13-6-5-10-17-12-13)9-8-14-7-3-4-11-18-14/h12,14-16H,2-11H2,1H3. The highest BCUT2D eigenvalue weighted by molar-refractivity contribution is 5.10. The fraction of sp³-hybridized carbons (Fsp3) is 0.867. The molecule has 0 amide bonds. The van der Waals surface area contributed by atoms with E-state index >= 15 is 0 Å². The first kappa shape index (κ1) is 13.9. The summed E-state index contributed by atoms with van der Waals surface area (Å²) in [7, 11) is 0. The molecular weight excluding hydrogens is 226 g/mol. The Labute approximate surface area is 111 Å². The van der Waals surface area contributed by atoms with Gasteiger partial charge in [-0.25, -0.2) is 0 Å². The third-order valence-corrected chi connectivity index (χ3v) is 3.91. The zero-order valence-electron chi connectivity index (χ0n) is 11.6. The van der Waals surface area contributed by atoms with E-state index in [4.69, 9.17) is 9.47 Å².